The molecule has 0 saturated heterocycles. The summed E-state index contributed by atoms with van der Waals surface area (Å²) in [5.74, 6) is -0.248. The largest absolute Gasteiger partial charge is 0.345 e. The molecule has 0 spiro atoms. The second-order valence-corrected chi connectivity index (χ2v) is 3.31. The highest BCUT2D eigenvalue weighted by molar-refractivity contribution is 5.91. The summed E-state index contributed by atoms with van der Waals surface area (Å²) in [6.07, 6.45) is 4.65. The Balaban J connectivity index is 1.95. The fraction of sp³-hybridized carbons (Fsp3) is 0.200. The van der Waals surface area contributed by atoms with Crippen LogP contribution in [0, 0.1) is 6.92 Å². The third kappa shape index (κ3) is 2.41. The summed E-state index contributed by atoms with van der Waals surface area (Å²) in [5, 5.41) is 9.24. The zero-order chi connectivity index (χ0) is 11.4. The molecule has 0 saturated carbocycles. The molecule has 0 aliphatic rings. The van der Waals surface area contributed by atoms with Gasteiger partial charge in [-0.25, -0.2) is 4.98 Å². The van der Waals surface area contributed by atoms with Gasteiger partial charge in [-0.05, 0) is 13.0 Å². The van der Waals surface area contributed by atoms with Gasteiger partial charge in [0.05, 0.1) is 24.1 Å². The third-order valence-corrected chi connectivity index (χ3v) is 2.01. The van der Waals surface area contributed by atoms with Crippen molar-refractivity contribution in [2.75, 3.05) is 0 Å². The minimum Gasteiger partial charge on any atom is -0.345 e. The van der Waals surface area contributed by atoms with E-state index in [9.17, 15) is 4.79 Å². The van der Waals surface area contributed by atoms with E-state index in [1.54, 1.807) is 18.5 Å². The average molecular weight is 217 g/mol. The second-order valence-electron chi connectivity index (χ2n) is 3.31. The van der Waals surface area contributed by atoms with Crippen LogP contribution in [-0.2, 0) is 6.54 Å². The van der Waals surface area contributed by atoms with Crippen molar-refractivity contribution in [3.05, 3.63) is 41.7 Å². The van der Waals surface area contributed by atoms with E-state index in [2.05, 4.69) is 25.5 Å². The normalized spacial score (nSPS) is 10.1. The lowest BCUT2D eigenvalue weighted by atomic mass is 10.3. The van der Waals surface area contributed by atoms with Crippen LogP contribution in [0.15, 0.2) is 24.7 Å². The van der Waals surface area contributed by atoms with Crippen molar-refractivity contribution >= 4 is 5.91 Å². The molecule has 2 heterocycles. The summed E-state index contributed by atoms with van der Waals surface area (Å²) >= 11 is 0. The van der Waals surface area contributed by atoms with Crippen LogP contribution in [0.4, 0.5) is 0 Å². The molecule has 16 heavy (non-hydrogen) atoms. The highest BCUT2D eigenvalue weighted by Gasteiger charge is 2.06. The number of carbonyl (C=O) groups is 1. The van der Waals surface area contributed by atoms with Crippen LogP contribution in [0.1, 0.15) is 21.9 Å². The Morgan fingerprint density at radius 1 is 1.44 bits per heavy atom. The fourth-order valence-corrected chi connectivity index (χ4v) is 1.16. The highest BCUT2D eigenvalue weighted by atomic mass is 16.1. The summed E-state index contributed by atoms with van der Waals surface area (Å²) in [5.41, 5.74) is 1.93. The van der Waals surface area contributed by atoms with Crippen LogP contribution in [0.3, 0.4) is 0 Å². The molecule has 2 N–H and O–H groups in total. The summed E-state index contributed by atoms with van der Waals surface area (Å²) in [7, 11) is 0. The standard InChI is InChI=1S/C10H11N5O/c1-7-4-12-9(6-11-7)10(16)13-5-8-2-3-14-15-8/h2-4,6H,5H2,1H3,(H,13,16)(H,14,15). The average Bonchev–Trinajstić information content (AvgIpc) is 2.80. The molecule has 2 aromatic heterocycles. The van der Waals surface area contributed by atoms with Gasteiger partial charge in [-0.15, -0.1) is 0 Å². The molecule has 82 valence electrons. The number of aryl methyl sites for hydroxylation is 1. The van der Waals surface area contributed by atoms with Crippen LogP contribution >= 0.6 is 0 Å². The van der Waals surface area contributed by atoms with Crippen LogP contribution in [0.2, 0.25) is 0 Å². The number of aromatic nitrogens is 4. The topological polar surface area (TPSA) is 83.6 Å². The van der Waals surface area contributed by atoms with Crippen molar-refractivity contribution in [2.24, 2.45) is 0 Å². The number of aromatic amines is 1. The quantitative estimate of drug-likeness (QED) is 0.781. The minimum absolute atomic E-state index is 0.248. The Kier molecular flexibility index (Phi) is 2.90. The molecule has 0 fully saturated rings. The van der Waals surface area contributed by atoms with Gasteiger partial charge in [-0.3, -0.25) is 14.9 Å². The first kappa shape index (κ1) is 10.3. The van der Waals surface area contributed by atoms with E-state index < -0.39 is 0 Å². The molecule has 0 bridgehead atoms. The molecule has 0 atom stereocenters. The second kappa shape index (κ2) is 4.52. The van der Waals surface area contributed by atoms with E-state index in [0.717, 1.165) is 11.4 Å². The predicted octanol–water partition coefficient (Wildman–Crippen LogP) is 0.438. The van der Waals surface area contributed by atoms with E-state index in [1.165, 1.54) is 6.20 Å². The first-order valence-electron chi connectivity index (χ1n) is 4.81. The molecular weight excluding hydrogens is 206 g/mol. The van der Waals surface area contributed by atoms with Gasteiger partial charge in [0.25, 0.3) is 5.91 Å². The molecule has 2 aromatic rings. The van der Waals surface area contributed by atoms with E-state index in [-0.39, 0.29) is 5.91 Å². The van der Waals surface area contributed by atoms with Crippen LogP contribution in [-0.4, -0.2) is 26.1 Å². The van der Waals surface area contributed by atoms with Crippen LogP contribution < -0.4 is 5.32 Å². The molecule has 1 amide bonds. The van der Waals surface area contributed by atoms with E-state index in [0.29, 0.717) is 12.2 Å². The monoisotopic (exact) mass is 217 g/mol. The van der Waals surface area contributed by atoms with Crippen LogP contribution in [0.25, 0.3) is 0 Å². The van der Waals surface area contributed by atoms with E-state index in [1.807, 2.05) is 6.92 Å². The highest BCUT2D eigenvalue weighted by Crippen LogP contribution is 1.95. The molecule has 0 aliphatic heterocycles. The molecule has 0 aromatic carbocycles. The number of hydrogen-bond donors (Lipinski definition) is 2. The number of nitrogens with zero attached hydrogens (tertiary/aromatic N) is 3. The lowest BCUT2D eigenvalue weighted by Crippen LogP contribution is -2.24. The SMILES string of the molecule is Cc1cnc(C(=O)NCc2ccn[nH]2)cn1. The minimum atomic E-state index is -0.248. The lowest BCUT2D eigenvalue weighted by molar-refractivity contribution is 0.0945. The molecule has 0 aliphatic carbocycles. The van der Waals surface area contributed by atoms with E-state index >= 15 is 0 Å². The number of carbonyl (C=O) groups excluding carboxylic acids is 1. The number of hydrogen-bond acceptors (Lipinski definition) is 4. The van der Waals surface area contributed by atoms with Gasteiger partial charge in [-0.2, -0.15) is 5.10 Å². The van der Waals surface area contributed by atoms with Crippen molar-refractivity contribution in [3.8, 4) is 0 Å². The first-order valence-corrected chi connectivity index (χ1v) is 4.81. The van der Waals surface area contributed by atoms with Gasteiger partial charge in [0.1, 0.15) is 5.69 Å². The van der Waals surface area contributed by atoms with Crippen molar-refractivity contribution < 1.29 is 4.79 Å². The molecule has 0 radical (unpaired) electrons. The molecule has 0 unspecified atom stereocenters. The van der Waals surface area contributed by atoms with Gasteiger partial charge >= 0.3 is 0 Å². The Labute approximate surface area is 92.1 Å². The smallest absolute Gasteiger partial charge is 0.271 e. The summed E-state index contributed by atoms with van der Waals surface area (Å²) in [6.45, 7) is 2.22. The number of rotatable bonds is 3. The van der Waals surface area contributed by atoms with Gasteiger partial charge in [0, 0.05) is 12.4 Å². The van der Waals surface area contributed by atoms with Crippen LogP contribution in [0.5, 0.6) is 0 Å². The van der Waals surface area contributed by atoms with Gasteiger partial charge in [0.15, 0.2) is 0 Å². The zero-order valence-electron chi connectivity index (χ0n) is 8.77. The summed E-state index contributed by atoms with van der Waals surface area (Å²) in [6, 6.07) is 1.79. The lowest BCUT2D eigenvalue weighted by Gasteiger charge is -2.02. The maximum atomic E-state index is 11.6. The first-order chi connectivity index (χ1) is 7.75. The Morgan fingerprint density at radius 3 is 2.94 bits per heavy atom. The van der Waals surface area contributed by atoms with Gasteiger partial charge < -0.3 is 5.32 Å². The van der Waals surface area contributed by atoms with Crippen molar-refractivity contribution in [1.82, 2.24) is 25.5 Å². The maximum Gasteiger partial charge on any atom is 0.271 e. The van der Waals surface area contributed by atoms with Crippen molar-refractivity contribution in [1.29, 1.82) is 0 Å². The molecule has 6 nitrogen and oxygen atoms in total. The summed E-state index contributed by atoms with van der Waals surface area (Å²) < 4.78 is 0. The third-order valence-electron chi connectivity index (χ3n) is 2.01. The molecule has 6 heteroatoms. The zero-order valence-corrected chi connectivity index (χ0v) is 8.77. The van der Waals surface area contributed by atoms with Crippen molar-refractivity contribution in [3.63, 3.8) is 0 Å². The Hall–Kier alpha value is -2.24. The number of nitrogens with one attached hydrogen (secondary N) is 2. The van der Waals surface area contributed by atoms with Gasteiger partial charge in [0.2, 0.25) is 0 Å². The van der Waals surface area contributed by atoms with Gasteiger partial charge in [-0.1, -0.05) is 0 Å². The Morgan fingerprint density at radius 2 is 2.31 bits per heavy atom. The predicted molar refractivity (Wildman–Crippen MR) is 56.5 cm³/mol. The number of H-pyrrole nitrogens is 1. The van der Waals surface area contributed by atoms with Crippen molar-refractivity contribution in [2.45, 2.75) is 13.5 Å². The maximum absolute atomic E-state index is 11.6. The number of amides is 1. The molecular formula is C10H11N5O. The fourth-order valence-electron chi connectivity index (χ4n) is 1.16. The molecule has 2 rings (SSSR count). The summed E-state index contributed by atoms with van der Waals surface area (Å²) in [4.78, 5) is 19.6. The Bertz CT molecular complexity index is 462. The van der Waals surface area contributed by atoms with E-state index in [4.69, 9.17) is 0 Å².